The number of hydrogen-bond acceptors (Lipinski definition) is 10. The Morgan fingerprint density at radius 2 is 1.91 bits per heavy atom. The maximum atomic E-state index is 13.9. The fourth-order valence-corrected chi connectivity index (χ4v) is 5.79. The molecule has 0 saturated carbocycles. The molecule has 3 atom stereocenters. The number of rotatable bonds is 7. The Bertz CT molecular complexity index is 1740. The molecule has 0 radical (unpaired) electrons. The molecule has 4 aromatic rings. The van der Waals surface area contributed by atoms with Crippen LogP contribution in [0.15, 0.2) is 73.1 Å². The second-order valence-electron chi connectivity index (χ2n) is 11.6. The smallest absolute Gasteiger partial charge is 0.412 e. The molecule has 0 aliphatic carbocycles. The lowest BCUT2D eigenvalue weighted by Crippen LogP contribution is -2.55. The van der Waals surface area contributed by atoms with Crippen molar-refractivity contribution in [3.63, 3.8) is 0 Å². The lowest BCUT2D eigenvalue weighted by Gasteiger charge is -2.40. The molecule has 2 aliphatic rings. The Hall–Kier alpha value is -5.11. The zero-order valence-corrected chi connectivity index (χ0v) is 25.3. The van der Waals surface area contributed by atoms with Crippen LogP contribution in [-0.2, 0) is 16.1 Å². The number of hydrogen-bond donors (Lipinski definition) is 5. The summed E-state index contributed by atoms with van der Waals surface area (Å²) in [7, 11) is 0. The third-order valence-corrected chi connectivity index (χ3v) is 8.22. The summed E-state index contributed by atoms with van der Waals surface area (Å²) in [5.41, 5.74) is 9.35. The van der Waals surface area contributed by atoms with E-state index in [0.717, 1.165) is 5.56 Å². The summed E-state index contributed by atoms with van der Waals surface area (Å²) in [6.45, 7) is 4.29. The van der Waals surface area contributed by atoms with E-state index in [9.17, 15) is 19.5 Å². The fourth-order valence-electron chi connectivity index (χ4n) is 5.79. The summed E-state index contributed by atoms with van der Waals surface area (Å²) in [5, 5.41) is 19.7. The van der Waals surface area contributed by atoms with Crippen LogP contribution in [0.2, 0.25) is 0 Å². The van der Waals surface area contributed by atoms with Gasteiger partial charge in [-0.25, -0.2) is 9.78 Å². The van der Waals surface area contributed by atoms with Crippen LogP contribution in [0.25, 0.3) is 10.9 Å². The van der Waals surface area contributed by atoms with Gasteiger partial charge in [0.15, 0.2) is 5.69 Å². The second kappa shape index (κ2) is 13.5. The number of anilines is 4. The van der Waals surface area contributed by atoms with Crippen molar-refractivity contribution >= 4 is 51.6 Å². The van der Waals surface area contributed by atoms with Crippen molar-refractivity contribution < 1.29 is 24.2 Å². The number of piperidine rings is 1. The average Bonchev–Trinajstić information content (AvgIpc) is 3.06. The van der Waals surface area contributed by atoms with Gasteiger partial charge in [0.25, 0.3) is 5.91 Å². The van der Waals surface area contributed by atoms with Gasteiger partial charge in [-0.1, -0.05) is 43.3 Å². The van der Waals surface area contributed by atoms with Crippen molar-refractivity contribution in [1.29, 1.82) is 0 Å². The number of aliphatic hydroxyl groups excluding tert-OH is 1. The largest absolute Gasteiger partial charge is 0.444 e. The van der Waals surface area contributed by atoms with E-state index in [1.807, 2.05) is 48.2 Å². The van der Waals surface area contributed by atoms with Gasteiger partial charge in [-0.05, 0) is 29.8 Å². The molecule has 2 fully saturated rings. The molecule has 13 heteroatoms. The number of pyridine rings is 2. The van der Waals surface area contributed by atoms with Gasteiger partial charge < -0.3 is 36.0 Å². The first-order valence-electron chi connectivity index (χ1n) is 15.1. The molecule has 46 heavy (non-hydrogen) atoms. The minimum Gasteiger partial charge on any atom is -0.444 e. The van der Waals surface area contributed by atoms with E-state index in [1.165, 1.54) is 6.20 Å². The van der Waals surface area contributed by atoms with Gasteiger partial charge in [0, 0.05) is 55.4 Å². The highest BCUT2D eigenvalue weighted by Crippen LogP contribution is 2.31. The number of nitrogens with two attached hydrogens (primary N) is 1. The molecule has 2 aliphatic heterocycles. The van der Waals surface area contributed by atoms with Crippen molar-refractivity contribution in [1.82, 2.24) is 15.3 Å². The van der Waals surface area contributed by atoms with Crippen molar-refractivity contribution in [3.8, 4) is 0 Å². The molecule has 4 heterocycles. The molecule has 6 rings (SSSR count). The summed E-state index contributed by atoms with van der Waals surface area (Å²) in [6, 6.07) is 17.6. The lowest BCUT2D eigenvalue weighted by atomic mass is 9.92. The number of carbonyl (C=O) groups is 3. The predicted octanol–water partition coefficient (Wildman–Crippen LogP) is 2.71. The highest BCUT2D eigenvalue weighted by Gasteiger charge is 2.32. The van der Waals surface area contributed by atoms with Crippen LogP contribution in [0.3, 0.4) is 0 Å². The van der Waals surface area contributed by atoms with Crippen molar-refractivity contribution in [2.75, 3.05) is 53.2 Å². The van der Waals surface area contributed by atoms with E-state index < -0.39 is 24.1 Å². The lowest BCUT2D eigenvalue weighted by molar-refractivity contribution is -0.118. The maximum Gasteiger partial charge on any atom is 0.412 e. The van der Waals surface area contributed by atoms with Crippen molar-refractivity contribution in [2.45, 2.75) is 25.7 Å². The quantitative estimate of drug-likeness (QED) is 0.206. The third-order valence-electron chi connectivity index (χ3n) is 8.22. The van der Waals surface area contributed by atoms with Gasteiger partial charge in [-0.3, -0.25) is 19.9 Å². The molecule has 13 nitrogen and oxygen atoms in total. The number of aromatic nitrogens is 2. The van der Waals surface area contributed by atoms with Gasteiger partial charge in [-0.2, -0.15) is 0 Å². The highest BCUT2D eigenvalue weighted by molar-refractivity contribution is 6.11. The van der Waals surface area contributed by atoms with E-state index in [4.69, 9.17) is 10.5 Å². The van der Waals surface area contributed by atoms with Crippen LogP contribution in [0.5, 0.6) is 0 Å². The normalized spacial score (nSPS) is 20.0. The molecular formula is C33H36N8O5. The topological polar surface area (TPSA) is 175 Å². The van der Waals surface area contributed by atoms with Gasteiger partial charge >= 0.3 is 6.09 Å². The molecule has 0 spiro atoms. The van der Waals surface area contributed by atoms with E-state index in [2.05, 4.69) is 25.9 Å². The molecule has 2 aromatic carbocycles. The molecule has 0 bridgehead atoms. The van der Waals surface area contributed by atoms with Crippen LogP contribution < -0.4 is 31.5 Å². The Labute approximate surface area is 265 Å². The van der Waals surface area contributed by atoms with E-state index in [1.54, 1.807) is 35.4 Å². The van der Waals surface area contributed by atoms with Crippen LogP contribution >= 0.6 is 0 Å². The molecule has 0 unspecified atom stereocenters. The number of ether oxygens (including phenoxy) is 1. The molecule has 3 amide bonds. The second-order valence-corrected chi connectivity index (χ2v) is 11.6. The first kappa shape index (κ1) is 30.9. The zero-order chi connectivity index (χ0) is 32.2. The summed E-state index contributed by atoms with van der Waals surface area (Å²) < 4.78 is 5.43. The number of benzene rings is 2. The predicted molar refractivity (Wildman–Crippen MR) is 175 cm³/mol. The number of fused-ring (bicyclic) bond motifs is 1. The standard InChI is InChI=1S/C33H36N8O5/c1-20-17-40(18-24(34)31(20)43)28-9-10-35-15-27(28)38-32(44)30-26(39-33(45)46-19-21-5-3-2-4-6-21)13-22-7-8-23(14-25(22)37-30)41-12-11-36-16-29(41)42/h2-10,13-15,20,24,31,36,43H,11-12,16-19,34H2,1H3,(H,38,44)(H,39,45)/t20-,24+,31+/m0/s1. The van der Waals surface area contributed by atoms with Gasteiger partial charge in [-0.15, -0.1) is 0 Å². The van der Waals surface area contributed by atoms with E-state index >= 15 is 0 Å². The number of nitrogens with one attached hydrogen (secondary N) is 3. The molecule has 6 N–H and O–H groups in total. The van der Waals surface area contributed by atoms with E-state index in [0.29, 0.717) is 54.1 Å². The summed E-state index contributed by atoms with van der Waals surface area (Å²) in [4.78, 5) is 52.0. The van der Waals surface area contributed by atoms with Crippen LogP contribution in [0.4, 0.5) is 27.5 Å². The Morgan fingerprint density at radius 3 is 2.70 bits per heavy atom. The van der Waals surface area contributed by atoms with Gasteiger partial charge in [0.2, 0.25) is 5.91 Å². The zero-order valence-electron chi connectivity index (χ0n) is 25.3. The first-order chi connectivity index (χ1) is 22.3. The Kier molecular flexibility index (Phi) is 9.06. The number of nitrogens with zero attached hydrogens (tertiary/aromatic N) is 4. The van der Waals surface area contributed by atoms with Crippen LogP contribution in [0.1, 0.15) is 23.0 Å². The Balaban J connectivity index is 1.31. The summed E-state index contributed by atoms with van der Waals surface area (Å²) in [5.74, 6) is -0.740. The maximum absolute atomic E-state index is 13.9. The third kappa shape index (κ3) is 6.76. The highest BCUT2D eigenvalue weighted by atomic mass is 16.5. The molecular weight excluding hydrogens is 588 g/mol. The monoisotopic (exact) mass is 624 g/mol. The summed E-state index contributed by atoms with van der Waals surface area (Å²) in [6.07, 6.45) is 1.77. The number of aliphatic hydroxyl groups is 1. The molecule has 2 saturated heterocycles. The summed E-state index contributed by atoms with van der Waals surface area (Å²) >= 11 is 0. The van der Waals surface area contributed by atoms with Crippen molar-refractivity contribution in [2.24, 2.45) is 11.7 Å². The number of carbonyl (C=O) groups excluding carboxylic acids is 3. The first-order valence-corrected chi connectivity index (χ1v) is 15.1. The fraction of sp³-hybridized carbons (Fsp3) is 0.303. The van der Waals surface area contributed by atoms with Crippen LogP contribution in [-0.4, -0.2) is 77.9 Å². The van der Waals surface area contributed by atoms with Gasteiger partial charge in [0.05, 0.1) is 41.4 Å². The molecule has 238 valence electrons. The minimum absolute atomic E-state index is 0.0431. The van der Waals surface area contributed by atoms with Gasteiger partial charge in [0.1, 0.15) is 6.61 Å². The average molecular weight is 625 g/mol. The Morgan fingerprint density at radius 1 is 1.09 bits per heavy atom. The number of piperazine rings is 1. The van der Waals surface area contributed by atoms with Crippen molar-refractivity contribution in [3.05, 3.63) is 84.3 Å². The van der Waals surface area contributed by atoms with E-state index in [-0.39, 0.29) is 36.4 Å². The van der Waals surface area contributed by atoms with Crippen LogP contribution in [0, 0.1) is 5.92 Å². The SMILES string of the molecule is C[C@H]1CN(c2ccncc2NC(=O)c2nc3cc(N4CCNCC4=O)ccc3cc2NC(=O)OCc2ccccc2)C[C@@H](N)[C@@H]1O. The minimum atomic E-state index is -0.751. The molecule has 2 aromatic heterocycles. The number of amides is 3.